The van der Waals surface area contributed by atoms with Gasteiger partial charge in [0.1, 0.15) is 0 Å². The maximum absolute atomic E-state index is 11.3. The lowest BCUT2D eigenvalue weighted by molar-refractivity contribution is -0.123. The zero-order valence-corrected chi connectivity index (χ0v) is 8.33. The molecule has 1 aliphatic carbocycles. The molecule has 0 aromatic carbocycles. The zero-order valence-electron chi connectivity index (χ0n) is 8.33. The molecule has 0 aromatic rings. The van der Waals surface area contributed by atoms with Crippen LogP contribution in [0.2, 0.25) is 0 Å². The molecule has 0 radical (unpaired) electrons. The van der Waals surface area contributed by atoms with Crippen molar-refractivity contribution in [3.05, 3.63) is 23.8 Å². The quantitative estimate of drug-likeness (QED) is 0.649. The van der Waals surface area contributed by atoms with Crippen LogP contribution in [-0.2, 0) is 9.59 Å². The predicted molar refractivity (Wildman–Crippen MR) is 53.5 cm³/mol. The monoisotopic (exact) mass is 194 g/mol. The van der Waals surface area contributed by atoms with Crippen LogP contribution in [0.15, 0.2) is 23.8 Å². The van der Waals surface area contributed by atoms with Crippen LogP contribution in [0, 0.1) is 5.92 Å². The van der Waals surface area contributed by atoms with E-state index in [0.29, 0.717) is 12.0 Å². The molecule has 4 nitrogen and oxygen atoms in total. The average Bonchev–Trinajstić information content (AvgIpc) is 2.27. The summed E-state index contributed by atoms with van der Waals surface area (Å²) >= 11 is 0. The van der Waals surface area contributed by atoms with Gasteiger partial charge in [-0.1, -0.05) is 18.2 Å². The predicted octanol–water partition coefficient (Wildman–Crippen LogP) is -0.0191. The number of likely N-dealkylation sites (N-methyl/N-ethyl adjacent to an activating group) is 1. The lowest BCUT2D eigenvalue weighted by atomic mass is 9.93. The standard InChI is InChI=1S/C10H14N2O2/c1-11-9(13)7-4-3-5-8(6-7)10(14)12-2/h3-5,7H,6H2,1-2H3,(H,11,13)(H,12,14). The Labute approximate surface area is 83.1 Å². The van der Waals surface area contributed by atoms with Gasteiger partial charge in [0.2, 0.25) is 11.8 Å². The second-order valence-electron chi connectivity index (χ2n) is 3.08. The minimum absolute atomic E-state index is 0.0595. The summed E-state index contributed by atoms with van der Waals surface area (Å²) in [7, 11) is 3.17. The second kappa shape index (κ2) is 4.60. The van der Waals surface area contributed by atoms with Crippen molar-refractivity contribution in [2.24, 2.45) is 5.92 Å². The third-order valence-electron chi connectivity index (χ3n) is 2.18. The molecule has 0 aliphatic heterocycles. The molecule has 76 valence electrons. The Balaban J connectivity index is 2.69. The van der Waals surface area contributed by atoms with E-state index in [2.05, 4.69) is 10.6 Å². The Morgan fingerprint density at radius 1 is 1.36 bits per heavy atom. The van der Waals surface area contributed by atoms with Crippen LogP contribution in [0.3, 0.4) is 0 Å². The van der Waals surface area contributed by atoms with Crippen LogP contribution in [0.4, 0.5) is 0 Å². The lowest BCUT2D eigenvalue weighted by Crippen LogP contribution is -2.30. The van der Waals surface area contributed by atoms with Crippen molar-refractivity contribution >= 4 is 11.8 Å². The highest BCUT2D eigenvalue weighted by atomic mass is 16.2. The Hall–Kier alpha value is -1.58. The number of carbonyl (C=O) groups is 2. The van der Waals surface area contributed by atoms with Crippen molar-refractivity contribution in [3.8, 4) is 0 Å². The third kappa shape index (κ3) is 2.22. The molecule has 14 heavy (non-hydrogen) atoms. The summed E-state index contributed by atoms with van der Waals surface area (Å²) in [5, 5.41) is 5.10. The number of hydrogen-bond donors (Lipinski definition) is 2. The Kier molecular flexibility index (Phi) is 3.45. The minimum Gasteiger partial charge on any atom is -0.359 e. The first-order chi connectivity index (χ1) is 6.69. The fourth-order valence-electron chi connectivity index (χ4n) is 1.37. The van der Waals surface area contributed by atoms with Crippen molar-refractivity contribution in [3.63, 3.8) is 0 Å². The second-order valence-corrected chi connectivity index (χ2v) is 3.08. The smallest absolute Gasteiger partial charge is 0.246 e. The van der Waals surface area contributed by atoms with E-state index >= 15 is 0 Å². The highest BCUT2D eigenvalue weighted by molar-refractivity contribution is 5.95. The van der Waals surface area contributed by atoms with Crippen molar-refractivity contribution in [2.45, 2.75) is 6.42 Å². The number of nitrogens with one attached hydrogen (secondary N) is 2. The van der Waals surface area contributed by atoms with E-state index in [0.717, 1.165) is 0 Å². The first-order valence-corrected chi connectivity index (χ1v) is 4.50. The summed E-state index contributed by atoms with van der Waals surface area (Å²) in [4.78, 5) is 22.6. The first kappa shape index (κ1) is 10.5. The molecule has 0 heterocycles. The van der Waals surface area contributed by atoms with Gasteiger partial charge in [-0.05, 0) is 6.42 Å². The molecule has 1 rings (SSSR count). The maximum Gasteiger partial charge on any atom is 0.246 e. The van der Waals surface area contributed by atoms with Crippen LogP contribution in [0.25, 0.3) is 0 Å². The molecule has 0 fully saturated rings. The maximum atomic E-state index is 11.3. The number of hydrogen-bond acceptors (Lipinski definition) is 2. The van der Waals surface area contributed by atoms with E-state index in [-0.39, 0.29) is 17.7 Å². The molecular formula is C10H14N2O2. The number of carbonyl (C=O) groups excluding carboxylic acids is 2. The summed E-state index contributed by atoms with van der Waals surface area (Å²) in [5.41, 5.74) is 0.642. The van der Waals surface area contributed by atoms with Gasteiger partial charge in [0, 0.05) is 19.7 Å². The van der Waals surface area contributed by atoms with Gasteiger partial charge in [-0.25, -0.2) is 0 Å². The van der Waals surface area contributed by atoms with E-state index in [9.17, 15) is 9.59 Å². The normalized spacial score (nSPS) is 19.9. The molecule has 0 spiro atoms. The van der Waals surface area contributed by atoms with Crippen LogP contribution in [0.5, 0.6) is 0 Å². The summed E-state index contributed by atoms with van der Waals surface area (Å²) in [6.45, 7) is 0. The molecule has 0 aromatic heterocycles. The SMILES string of the molecule is CNC(=O)C1=CC=CC(C(=O)NC)C1. The van der Waals surface area contributed by atoms with E-state index in [1.807, 2.05) is 0 Å². The molecule has 0 bridgehead atoms. The highest BCUT2D eigenvalue weighted by Crippen LogP contribution is 2.18. The van der Waals surface area contributed by atoms with E-state index in [4.69, 9.17) is 0 Å². The van der Waals surface area contributed by atoms with Gasteiger partial charge in [0.05, 0.1) is 5.92 Å². The van der Waals surface area contributed by atoms with Gasteiger partial charge >= 0.3 is 0 Å². The molecule has 1 unspecified atom stereocenters. The molecule has 1 aliphatic rings. The van der Waals surface area contributed by atoms with Crippen molar-refractivity contribution in [1.82, 2.24) is 10.6 Å². The third-order valence-corrected chi connectivity index (χ3v) is 2.18. The number of allylic oxidation sites excluding steroid dienone is 2. The number of amides is 2. The fraction of sp³-hybridized carbons (Fsp3) is 0.400. The van der Waals surface area contributed by atoms with Gasteiger partial charge in [-0.3, -0.25) is 9.59 Å². The molecule has 2 amide bonds. The van der Waals surface area contributed by atoms with Crippen molar-refractivity contribution in [1.29, 1.82) is 0 Å². The lowest BCUT2D eigenvalue weighted by Gasteiger charge is -2.15. The largest absolute Gasteiger partial charge is 0.359 e. The molecular weight excluding hydrogens is 180 g/mol. The minimum atomic E-state index is -0.225. The van der Waals surface area contributed by atoms with E-state index < -0.39 is 0 Å². The zero-order chi connectivity index (χ0) is 10.6. The fourth-order valence-corrected chi connectivity index (χ4v) is 1.37. The molecule has 2 N–H and O–H groups in total. The van der Waals surface area contributed by atoms with Gasteiger partial charge in [-0.2, -0.15) is 0 Å². The highest BCUT2D eigenvalue weighted by Gasteiger charge is 2.20. The van der Waals surface area contributed by atoms with Gasteiger partial charge in [-0.15, -0.1) is 0 Å². The molecule has 4 heteroatoms. The van der Waals surface area contributed by atoms with Gasteiger partial charge in [0.15, 0.2) is 0 Å². The summed E-state index contributed by atoms with van der Waals surface area (Å²) in [6, 6.07) is 0. The topological polar surface area (TPSA) is 58.2 Å². The van der Waals surface area contributed by atoms with Gasteiger partial charge in [0.25, 0.3) is 0 Å². The Morgan fingerprint density at radius 3 is 2.64 bits per heavy atom. The average molecular weight is 194 g/mol. The first-order valence-electron chi connectivity index (χ1n) is 4.50. The van der Waals surface area contributed by atoms with Crippen LogP contribution in [0.1, 0.15) is 6.42 Å². The number of rotatable bonds is 2. The van der Waals surface area contributed by atoms with E-state index in [1.54, 1.807) is 32.3 Å². The van der Waals surface area contributed by atoms with Gasteiger partial charge < -0.3 is 10.6 Å². The van der Waals surface area contributed by atoms with Crippen LogP contribution in [-0.4, -0.2) is 25.9 Å². The Morgan fingerprint density at radius 2 is 2.07 bits per heavy atom. The van der Waals surface area contributed by atoms with Crippen LogP contribution >= 0.6 is 0 Å². The molecule has 1 atom stereocenters. The Bertz CT molecular complexity index is 305. The van der Waals surface area contributed by atoms with Crippen molar-refractivity contribution in [2.75, 3.05) is 14.1 Å². The summed E-state index contributed by atoms with van der Waals surface area (Å²) < 4.78 is 0. The molecule has 0 saturated carbocycles. The summed E-state index contributed by atoms with van der Waals surface area (Å²) in [5.74, 6) is -0.406. The van der Waals surface area contributed by atoms with Crippen LogP contribution < -0.4 is 10.6 Å². The molecule has 0 saturated heterocycles. The van der Waals surface area contributed by atoms with Crippen molar-refractivity contribution < 1.29 is 9.59 Å². The van der Waals surface area contributed by atoms with E-state index in [1.165, 1.54) is 0 Å². The summed E-state index contributed by atoms with van der Waals surface area (Å²) in [6.07, 6.45) is 5.74.